The summed E-state index contributed by atoms with van der Waals surface area (Å²) in [5.74, 6) is 1.90. The van der Waals surface area contributed by atoms with Crippen molar-refractivity contribution in [1.82, 2.24) is 40.4 Å². The highest BCUT2D eigenvalue weighted by atomic mass is 16.5. The minimum Gasteiger partial charge on any atom is -0.453 e. The van der Waals surface area contributed by atoms with Gasteiger partial charge in [-0.2, -0.15) is 0 Å². The highest BCUT2D eigenvalue weighted by molar-refractivity contribution is 6.04. The third kappa shape index (κ3) is 7.07. The monoisotopic (exact) mass is 810 g/mol. The topological polar surface area (TPSA) is 175 Å². The summed E-state index contributed by atoms with van der Waals surface area (Å²) in [4.78, 5) is 72.4. The molecule has 5 aromatic rings. The number of amides is 4. The van der Waals surface area contributed by atoms with Crippen LogP contribution in [0.2, 0.25) is 0 Å². The minimum atomic E-state index is -0.909. The van der Waals surface area contributed by atoms with Crippen molar-refractivity contribution in [2.75, 3.05) is 20.8 Å². The van der Waals surface area contributed by atoms with Crippen LogP contribution in [0.3, 0.4) is 0 Å². The second-order valence-corrected chi connectivity index (χ2v) is 16.6. The fourth-order valence-corrected chi connectivity index (χ4v) is 10.0. The number of nitrogens with one attached hydrogen (secondary N) is 4. The molecule has 0 spiro atoms. The lowest BCUT2D eigenvalue weighted by atomic mass is 9.88. The second kappa shape index (κ2) is 16.0. The number of carbonyl (C=O) groups excluding carboxylic acids is 4. The first-order valence-corrected chi connectivity index (χ1v) is 20.8. The van der Waals surface area contributed by atoms with Gasteiger partial charge in [0.15, 0.2) is 0 Å². The predicted molar refractivity (Wildman–Crippen MR) is 225 cm³/mol. The molecule has 1 saturated carbocycles. The van der Waals surface area contributed by atoms with Crippen LogP contribution in [0, 0.1) is 11.8 Å². The lowest BCUT2D eigenvalue weighted by Gasteiger charge is -2.34. The van der Waals surface area contributed by atoms with Gasteiger partial charge in [0.05, 0.1) is 49.2 Å². The Bertz CT molecular complexity index is 2530. The molecule has 2 unspecified atom stereocenters. The van der Waals surface area contributed by atoms with Crippen LogP contribution in [0.4, 0.5) is 9.59 Å². The normalized spacial score (nSPS) is 25.1. The summed E-state index contributed by atoms with van der Waals surface area (Å²) < 4.78 is 9.56. The van der Waals surface area contributed by atoms with Crippen LogP contribution >= 0.6 is 0 Å². The molecule has 310 valence electrons. The van der Waals surface area contributed by atoms with Crippen LogP contribution < -0.4 is 10.6 Å². The number of fused-ring (bicyclic) bond motifs is 5. The molecule has 4 N–H and O–H groups in total. The van der Waals surface area contributed by atoms with Crippen molar-refractivity contribution in [1.29, 1.82) is 0 Å². The van der Waals surface area contributed by atoms with Gasteiger partial charge >= 0.3 is 12.2 Å². The van der Waals surface area contributed by atoms with E-state index in [1.807, 2.05) is 52.4 Å². The number of imidazole rings is 2. The van der Waals surface area contributed by atoms with Gasteiger partial charge in [-0.3, -0.25) is 9.59 Å². The fourth-order valence-electron chi connectivity index (χ4n) is 10.0. The number of benzene rings is 3. The number of piperidine rings is 1. The Balaban J connectivity index is 0.915. The van der Waals surface area contributed by atoms with Crippen molar-refractivity contribution in [2.24, 2.45) is 11.8 Å². The van der Waals surface area contributed by atoms with Gasteiger partial charge in [0.2, 0.25) is 5.91 Å². The number of hydrogen-bond donors (Lipinski definition) is 4. The number of carbonyl (C=O) groups is 4. The molecule has 0 radical (unpaired) electrons. The summed E-state index contributed by atoms with van der Waals surface area (Å²) in [5, 5.41) is 7.45. The predicted octanol–water partition coefficient (Wildman–Crippen LogP) is 7.37. The molecule has 2 aromatic heterocycles. The van der Waals surface area contributed by atoms with Crippen LogP contribution in [0.15, 0.2) is 85.1 Å². The number of likely N-dealkylation sites (tertiary alicyclic amines) is 2. The first-order chi connectivity index (χ1) is 29.1. The number of alkyl carbamates (subject to hydrolysis) is 2. The van der Waals surface area contributed by atoms with Gasteiger partial charge < -0.3 is 39.9 Å². The zero-order chi connectivity index (χ0) is 41.7. The molecule has 14 heteroatoms. The number of aromatic nitrogens is 4. The molecule has 2 aliphatic heterocycles. The van der Waals surface area contributed by atoms with Crippen molar-refractivity contribution in [3.05, 3.63) is 114 Å². The number of H-pyrrole nitrogens is 2. The van der Waals surface area contributed by atoms with Gasteiger partial charge in [0.25, 0.3) is 5.91 Å². The number of ether oxygens (including phenoxy) is 2. The Morgan fingerprint density at radius 1 is 0.917 bits per heavy atom. The Morgan fingerprint density at radius 2 is 1.73 bits per heavy atom. The molecule has 60 heavy (non-hydrogen) atoms. The van der Waals surface area contributed by atoms with E-state index in [1.165, 1.54) is 19.8 Å². The molecule has 9 rings (SSSR count). The lowest BCUT2D eigenvalue weighted by Crippen LogP contribution is -2.46. The average Bonchev–Trinajstić information content (AvgIpc) is 4.14. The molecule has 3 fully saturated rings. The molecular weight excluding hydrogens is 761 g/mol. The number of rotatable bonds is 9. The first kappa shape index (κ1) is 39.0. The SMILES string of the molecule is COC(=O)NCC(=O)N1[C@@H]2CC[C@@H](C2)[C@H]1c1ncc(C2=CCC(c3ccc4c(ccc5nc([C@@H]6CC(C)[C@@H](C)N6C(=O)[C@H](NC(=O)OC)c6ccccc6)[nH]c54)c3)C=C2)[nH]1. The molecule has 8 atom stereocenters. The molecule has 4 amide bonds. The number of nitrogens with zero attached hydrogens (tertiary/aromatic N) is 4. The Kier molecular flexibility index (Phi) is 10.4. The third-order valence-corrected chi connectivity index (χ3v) is 13.3. The smallest absolute Gasteiger partial charge is 0.407 e. The number of aromatic amines is 2. The van der Waals surface area contributed by atoms with Crippen LogP contribution in [0.1, 0.15) is 98.5 Å². The lowest BCUT2D eigenvalue weighted by molar-refractivity contribution is -0.137. The molecule has 2 bridgehead atoms. The van der Waals surface area contributed by atoms with E-state index in [1.54, 1.807) is 0 Å². The van der Waals surface area contributed by atoms with Crippen LogP contribution in [0.25, 0.3) is 27.4 Å². The Morgan fingerprint density at radius 3 is 2.50 bits per heavy atom. The average molecular weight is 811 g/mol. The van der Waals surface area contributed by atoms with Crippen molar-refractivity contribution in [3.63, 3.8) is 0 Å². The van der Waals surface area contributed by atoms with Crippen molar-refractivity contribution in [2.45, 2.75) is 82.1 Å². The van der Waals surface area contributed by atoms with Gasteiger partial charge in [-0.25, -0.2) is 19.6 Å². The van der Waals surface area contributed by atoms with E-state index >= 15 is 0 Å². The van der Waals surface area contributed by atoms with Crippen LogP contribution in [-0.4, -0.2) is 86.6 Å². The quantitative estimate of drug-likeness (QED) is 0.119. The largest absolute Gasteiger partial charge is 0.453 e. The fraction of sp³-hybridized carbons (Fsp3) is 0.391. The third-order valence-electron chi connectivity index (χ3n) is 13.3. The number of hydrogen-bond acceptors (Lipinski definition) is 8. The molecule has 4 heterocycles. The van der Waals surface area contributed by atoms with Gasteiger partial charge in [-0.05, 0) is 79.0 Å². The standard InChI is InChI=1S/C46H50N8O6/c1-25-20-37(53(26(25)2)44(56)39(52-46(58)60-4)29-8-6-5-7-9-29)42-49-35-19-16-31-21-30(15-18-34(31)40(35)51-42)27-10-12-28(13-11-27)36-23-47-43(50-36)41-32-14-17-33(22-32)54(41)38(55)24-48-45(57)59-3/h5-10,12-13,15-16,18-19,21,23,25-27,32-33,37,39,41H,11,14,17,20,22,24H2,1-4H3,(H,47,50)(H,48,57)(H,49,51)(H,52,58)/t25?,26-,27?,32+,33-,37+,39-,41+/m1/s1. The van der Waals surface area contributed by atoms with Crippen molar-refractivity contribution in [3.8, 4) is 0 Å². The van der Waals surface area contributed by atoms with Crippen molar-refractivity contribution < 1.29 is 28.7 Å². The Labute approximate surface area is 347 Å². The van der Waals surface area contributed by atoms with E-state index < -0.39 is 18.2 Å². The molecule has 4 aliphatic rings. The summed E-state index contributed by atoms with van der Waals surface area (Å²) in [6.07, 6.45) is 11.7. The van der Waals surface area contributed by atoms with E-state index in [-0.39, 0.29) is 54.4 Å². The summed E-state index contributed by atoms with van der Waals surface area (Å²) in [6.45, 7) is 4.10. The van der Waals surface area contributed by atoms with Gasteiger partial charge in [0, 0.05) is 23.4 Å². The summed E-state index contributed by atoms with van der Waals surface area (Å²) in [6, 6.07) is 18.7. The Hall–Kier alpha value is -6.44. The molecule has 3 aromatic carbocycles. The second-order valence-electron chi connectivity index (χ2n) is 16.6. The number of allylic oxidation sites excluding steroid dienone is 4. The van der Waals surface area contributed by atoms with Crippen LogP contribution in [0.5, 0.6) is 0 Å². The molecule has 2 aliphatic carbocycles. The maximum atomic E-state index is 14.4. The van der Waals surface area contributed by atoms with Crippen molar-refractivity contribution >= 4 is 51.4 Å². The van der Waals surface area contributed by atoms with Gasteiger partial charge in [-0.1, -0.05) is 79.7 Å². The first-order valence-electron chi connectivity index (χ1n) is 20.8. The maximum absolute atomic E-state index is 14.4. The van der Waals surface area contributed by atoms with Crippen LogP contribution in [-0.2, 0) is 19.1 Å². The van der Waals surface area contributed by atoms with Gasteiger partial charge in [0.1, 0.15) is 24.2 Å². The zero-order valence-electron chi connectivity index (χ0n) is 34.2. The summed E-state index contributed by atoms with van der Waals surface area (Å²) in [5.41, 5.74) is 5.62. The zero-order valence-corrected chi connectivity index (χ0v) is 34.2. The highest BCUT2D eigenvalue weighted by Crippen LogP contribution is 2.50. The van der Waals surface area contributed by atoms with E-state index in [0.717, 1.165) is 76.8 Å². The van der Waals surface area contributed by atoms with E-state index in [0.29, 0.717) is 11.5 Å². The van der Waals surface area contributed by atoms with Gasteiger partial charge in [-0.15, -0.1) is 0 Å². The number of methoxy groups -OCH3 is 2. The molecule has 14 nitrogen and oxygen atoms in total. The van der Waals surface area contributed by atoms with E-state index in [2.05, 4.69) is 81.7 Å². The highest BCUT2D eigenvalue weighted by Gasteiger charge is 2.50. The van der Waals surface area contributed by atoms with E-state index in [4.69, 9.17) is 14.7 Å². The molecular formula is C46H50N8O6. The maximum Gasteiger partial charge on any atom is 0.407 e. The minimum absolute atomic E-state index is 0.0827. The molecule has 2 saturated heterocycles. The summed E-state index contributed by atoms with van der Waals surface area (Å²) >= 11 is 0. The van der Waals surface area contributed by atoms with E-state index in [9.17, 15) is 19.2 Å². The summed E-state index contributed by atoms with van der Waals surface area (Å²) in [7, 11) is 2.58.